The molecule has 0 bridgehead atoms. The third-order valence-corrected chi connectivity index (χ3v) is 5.55. The molecule has 0 radical (unpaired) electrons. The zero-order chi connectivity index (χ0) is 19.7. The van der Waals surface area contributed by atoms with Crippen LogP contribution < -0.4 is 4.90 Å². The summed E-state index contributed by atoms with van der Waals surface area (Å²) in [5.41, 5.74) is 0.339. The lowest BCUT2D eigenvalue weighted by molar-refractivity contribution is -0.139. The second-order valence-corrected chi connectivity index (χ2v) is 7.52. The van der Waals surface area contributed by atoms with Gasteiger partial charge in [0.05, 0.1) is 25.3 Å². The predicted molar refractivity (Wildman–Crippen MR) is 99.0 cm³/mol. The van der Waals surface area contributed by atoms with Gasteiger partial charge >= 0.3 is 0 Å². The molecule has 1 unspecified atom stereocenters. The number of nitrogens with zero attached hydrogens (tertiary/aromatic N) is 3. The van der Waals surface area contributed by atoms with Crippen LogP contribution in [0.2, 0.25) is 0 Å². The van der Waals surface area contributed by atoms with Gasteiger partial charge in [0, 0.05) is 32.1 Å². The molecule has 0 N–H and O–H groups in total. The molecule has 1 aromatic rings. The molecule has 0 aromatic heterocycles. The highest BCUT2D eigenvalue weighted by Gasteiger charge is 2.46. The van der Waals surface area contributed by atoms with Crippen molar-refractivity contribution in [3.05, 3.63) is 30.1 Å². The number of imide groups is 1. The first-order valence-corrected chi connectivity index (χ1v) is 9.77. The lowest BCUT2D eigenvalue weighted by Crippen LogP contribution is -2.50. The van der Waals surface area contributed by atoms with E-state index in [-0.39, 0.29) is 24.2 Å². The van der Waals surface area contributed by atoms with Crippen LogP contribution in [0.15, 0.2) is 24.3 Å². The number of halogens is 1. The van der Waals surface area contributed by atoms with Gasteiger partial charge in [-0.25, -0.2) is 9.29 Å². The number of amides is 3. The molecule has 7 nitrogen and oxygen atoms in total. The van der Waals surface area contributed by atoms with Gasteiger partial charge < -0.3 is 9.64 Å². The minimum Gasteiger partial charge on any atom is -0.379 e. The molecule has 0 spiro atoms. The minimum absolute atomic E-state index is 0.0300. The van der Waals surface area contributed by atoms with Crippen molar-refractivity contribution in [2.75, 3.05) is 44.3 Å². The summed E-state index contributed by atoms with van der Waals surface area (Å²) in [6, 6.07) is 4.47. The van der Waals surface area contributed by atoms with E-state index >= 15 is 0 Å². The molecule has 3 aliphatic rings. The first-order chi connectivity index (χ1) is 13.5. The maximum Gasteiger partial charge on any atom is 0.257 e. The van der Waals surface area contributed by atoms with Gasteiger partial charge in [0.1, 0.15) is 11.9 Å². The Hall–Kier alpha value is -2.32. The molecular weight excluding hydrogens is 365 g/mol. The summed E-state index contributed by atoms with van der Waals surface area (Å²) in [4.78, 5) is 43.3. The van der Waals surface area contributed by atoms with Crippen LogP contribution in [0, 0.1) is 11.7 Å². The van der Waals surface area contributed by atoms with Crippen LogP contribution in [-0.2, 0) is 19.1 Å². The molecule has 1 atom stereocenters. The Morgan fingerprint density at radius 3 is 2.46 bits per heavy atom. The Kier molecular flexibility index (Phi) is 5.41. The molecular formula is C20H24FN3O4. The average Bonchev–Trinajstić information content (AvgIpc) is 3.50. The topological polar surface area (TPSA) is 70.2 Å². The number of ether oxygens (including phenoxy) is 1. The van der Waals surface area contributed by atoms with Crippen molar-refractivity contribution in [3.63, 3.8) is 0 Å². The number of carbonyl (C=O) groups is 3. The fraction of sp³-hybridized carbons (Fsp3) is 0.550. The van der Waals surface area contributed by atoms with Crippen LogP contribution in [0.1, 0.15) is 19.3 Å². The van der Waals surface area contributed by atoms with Crippen molar-refractivity contribution < 1.29 is 23.5 Å². The summed E-state index contributed by atoms with van der Waals surface area (Å²) >= 11 is 0. The second kappa shape index (κ2) is 7.97. The lowest BCUT2D eigenvalue weighted by Gasteiger charge is -2.32. The highest BCUT2D eigenvalue weighted by molar-refractivity contribution is 6.23. The van der Waals surface area contributed by atoms with E-state index in [0.29, 0.717) is 32.0 Å². The van der Waals surface area contributed by atoms with Gasteiger partial charge in [0.25, 0.3) is 5.91 Å². The molecule has 3 fully saturated rings. The van der Waals surface area contributed by atoms with E-state index in [4.69, 9.17) is 4.74 Å². The highest BCUT2D eigenvalue weighted by atomic mass is 19.1. The zero-order valence-electron chi connectivity index (χ0n) is 15.7. The normalized spacial score (nSPS) is 23.3. The van der Waals surface area contributed by atoms with Crippen LogP contribution in [0.3, 0.4) is 0 Å². The van der Waals surface area contributed by atoms with Gasteiger partial charge in [-0.15, -0.1) is 0 Å². The van der Waals surface area contributed by atoms with Crippen molar-refractivity contribution in [3.8, 4) is 0 Å². The molecule has 1 saturated carbocycles. The monoisotopic (exact) mass is 389 g/mol. The third kappa shape index (κ3) is 3.93. The summed E-state index contributed by atoms with van der Waals surface area (Å²) in [6.45, 7) is 3.98. The second-order valence-electron chi connectivity index (χ2n) is 7.52. The number of rotatable bonds is 6. The van der Waals surface area contributed by atoms with Gasteiger partial charge in [-0.2, -0.15) is 0 Å². The molecule has 2 heterocycles. The molecule has 28 heavy (non-hydrogen) atoms. The maximum atomic E-state index is 13.2. The van der Waals surface area contributed by atoms with Crippen LogP contribution in [0.4, 0.5) is 10.1 Å². The molecule has 150 valence electrons. The van der Waals surface area contributed by atoms with Crippen LogP contribution in [0.5, 0.6) is 0 Å². The van der Waals surface area contributed by atoms with E-state index in [1.165, 1.54) is 24.3 Å². The van der Waals surface area contributed by atoms with Crippen LogP contribution in [0.25, 0.3) is 0 Å². The molecule has 8 heteroatoms. The maximum absolute atomic E-state index is 13.2. The van der Waals surface area contributed by atoms with Crippen molar-refractivity contribution in [2.24, 2.45) is 5.92 Å². The van der Waals surface area contributed by atoms with Crippen molar-refractivity contribution in [1.82, 2.24) is 9.80 Å². The van der Waals surface area contributed by atoms with E-state index in [1.54, 1.807) is 4.90 Å². The Morgan fingerprint density at radius 2 is 1.82 bits per heavy atom. The average molecular weight is 389 g/mol. The SMILES string of the molecule is O=C1CC(N(CCN2CCOCC2)C(=O)C2CC2)C(=O)N1c1ccc(F)cc1. The summed E-state index contributed by atoms with van der Waals surface area (Å²) in [5, 5.41) is 0. The van der Waals surface area contributed by atoms with Crippen molar-refractivity contribution >= 4 is 23.4 Å². The number of morpholine rings is 1. The van der Waals surface area contributed by atoms with Gasteiger partial charge in [0.2, 0.25) is 11.8 Å². The number of hydrogen-bond acceptors (Lipinski definition) is 5. The third-order valence-electron chi connectivity index (χ3n) is 5.55. The predicted octanol–water partition coefficient (Wildman–Crippen LogP) is 1.03. The zero-order valence-corrected chi connectivity index (χ0v) is 15.7. The van der Waals surface area contributed by atoms with E-state index in [1.807, 2.05) is 0 Å². The molecule has 2 aliphatic heterocycles. The Morgan fingerprint density at radius 1 is 1.14 bits per heavy atom. The fourth-order valence-corrected chi connectivity index (χ4v) is 3.78. The number of anilines is 1. The summed E-state index contributed by atoms with van der Waals surface area (Å²) in [6.07, 6.45) is 1.64. The number of carbonyl (C=O) groups excluding carboxylic acids is 3. The van der Waals surface area contributed by atoms with Gasteiger partial charge in [0.15, 0.2) is 0 Å². The van der Waals surface area contributed by atoms with E-state index < -0.39 is 17.8 Å². The summed E-state index contributed by atoms with van der Waals surface area (Å²) in [7, 11) is 0. The largest absolute Gasteiger partial charge is 0.379 e. The Labute approximate surface area is 163 Å². The standard InChI is InChI=1S/C20H24FN3O4/c21-15-3-5-16(6-4-15)24-18(25)13-17(20(24)27)23(19(26)14-1-2-14)8-7-22-9-11-28-12-10-22/h3-6,14,17H,1-2,7-13H2. The first kappa shape index (κ1) is 19.0. The van der Waals surface area contributed by atoms with Gasteiger partial charge in [-0.1, -0.05) is 0 Å². The van der Waals surface area contributed by atoms with Crippen LogP contribution >= 0.6 is 0 Å². The van der Waals surface area contributed by atoms with E-state index in [0.717, 1.165) is 30.8 Å². The summed E-state index contributed by atoms with van der Waals surface area (Å²) in [5.74, 6) is -1.28. The van der Waals surface area contributed by atoms with Gasteiger partial charge in [-0.3, -0.25) is 19.3 Å². The lowest BCUT2D eigenvalue weighted by atomic mass is 10.1. The summed E-state index contributed by atoms with van der Waals surface area (Å²) < 4.78 is 18.5. The molecule has 1 aromatic carbocycles. The Bertz CT molecular complexity index is 759. The van der Waals surface area contributed by atoms with E-state index in [2.05, 4.69) is 4.90 Å². The minimum atomic E-state index is -0.785. The molecule has 2 saturated heterocycles. The van der Waals surface area contributed by atoms with Gasteiger partial charge in [-0.05, 0) is 37.1 Å². The highest BCUT2D eigenvalue weighted by Crippen LogP contribution is 2.34. The Balaban J connectivity index is 1.50. The van der Waals surface area contributed by atoms with E-state index in [9.17, 15) is 18.8 Å². The molecule has 4 rings (SSSR count). The van der Waals surface area contributed by atoms with Crippen molar-refractivity contribution in [1.29, 1.82) is 0 Å². The smallest absolute Gasteiger partial charge is 0.257 e. The molecule has 1 aliphatic carbocycles. The fourth-order valence-electron chi connectivity index (χ4n) is 3.78. The van der Waals surface area contributed by atoms with Crippen molar-refractivity contribution in [2.45, 2.75) is 25.3 Å². The quantitative estimate of drug-likeness (QED) is 0.680. The number of benzene rings is 1. The molecule has 3 amide bonds. The first-order valence-electron chi connectivity index (χ1n) is 9.77. The number of hydrogen-bond donors (Lipinski definition) is 0. The van der Waals surface area contributed by atoms with Crippen LogP contribution in [-0.4, -0.2) is 73.0 Å².